The Morgan fingerprint density at radius 3 is 3.00 bits per heavy atom. The number of ether oxygens (including phenoxy) is 1. The van der Waals surface area contributed by atoms with E-state index in [-0.39, 0.29) is 24.5 Å². The summed E-state index contributed by atoms with van der Waals surface area (Å²) >= 11 is 0. The molecule has 4 heterocycles. The number of hydrogen-bond donors (Lipinski definition) is 2. The third-order valence-electron chi connectivity index (χ3n) is 6.85. The predicted molar refractivity (Wildman–Crippen MR) is 108 cm³/mol. The molecular weight excluding hydrogens is 392 g/mol. The number of allylic oxidation sites excluding steroid dienone is 3. The minimum absolute atomic E-state index is 0.135. The molecule has 0 aromatic carbocycles. The molecule has 2 N–H and O–H groups in total. The molecule has 2 saturated heterocycles. The second kappa shape index (κ2) is 6.50. The van der Waals surface area contributed by atoms with Crippen molar-refractivity contribution in [3.05, 3.63) is 35.5 Å². The molecule has 0 bridgehead atoms. The van der Waals surface area contributed by atoms with Gasteiger partial charge in [0.15, 0.2) is 0 Å². The molecule has 3 fully saturated rings. The van der Waals surface area contributed by atoms with Gasteiger partial charge in [-0.25, -0.2) is 17.9 Å². The lowest BCUT2D eigenvalue weighted by Crippen LogP contribution is -2.50. The van der Waals surface area contributed by atoms with Crippen LogP contribution in [0.2, 0.25) is 0 Å². The molecule has 1 unspecified atom stereocenters. The quantitative estimate of drug-likeness (QED) is 0.726. The van der Waals surface area contributed by atoms with Gasteiger partial charge in [0.05, 0.1) is 23.9 Å². The molecule has 0 radical (unpaired) electrons. The monoisotopic (exact) mass is 420 g/mol. The van der Waals surface area contributed by atoms with E-state index in [9.17, 15) is 13.2 Å². The van der Waals surface area contributed by atoms with Gasteiger partial charge in [-0.15, -0.1) is 0 Å². The maximum Gasteiger partial charge on any atom is 0.320 e. The molecule has 5 rings (SSSR count). The van der Waals surface area contributed by atoms with Crippen LogP contribution in [0.3, 0.4) is 0 Å². The lowest BCUT2D eigenvalue weighted by atomic mass is 9.65. The van der Waals surface area contributed by atoms with Crippen molar-refractivity contribution in [2.24, 2.45) is 5.41 Å². The summed E-state index contributed by atoms with van der Waals surface area (Å²) in [6, 6.07) is -0.192. The Labute approximate surface area is 171 Å². The van der Waals surface area contributed by atoms with Crippen molar-refractivity contribution in [2.45, 2.75) is 50.7 Å². The third kappa shape index (κ3) is 2.97. The highest BCUT2D eigenvalue weighted by molar-refractivity contribution is 7.88. The number of fused-ring (bicyclic) bond motifs is 1. The SMILES string of the molecule is CS(=O)(=O)NCCN1C(=O)NC[C@]12CC13CCCCC1=CN1C=CCCC1=C3O2. The van der Waals surface area contributed by atoms with E-state index in [4.69, 9.17) is 4.74 Å². The maximum absolute atomic E-state index is 12.6. The molecule has 0 aromatic heterocycles. The minimum atomic E-state index is -3.31. The van der Waals surface area contributed by atoms with Crippen LogP contribution in [0, 0.1) is 5.41 Å². The van der Waals surface area contributed by atoms with Gasteiger partial charge in [-0.05, 0) is 37.7 Å². The topological polar surface area (TPSA) is 91.0 Å². The molecule has 1 saturated carbocycles. The molecule has 1 aliphatic carbocycles. The number of nitrogens with one attached hydrogen (secondary N) is 2. The highest BCUT2D eigenvalue weighted by atomic mass is 32.2. The van der Waals surface area contributed by atoms with Crippen LogP contribution in [0.25, 0.3) is 0 Å². The van der Waals surface area contributed by atoms with Crippen LogP contribution in [-0.4, -0.2) is 55.9 Å². The van der Waals surface area contributed by atoms with Crippen molar-refractivity contribution in [2.75, 3.05) is 25.9 Å². The average Bonchev–Trinajstić information content (AvgIpc) is 3.17. The van der Waals surface area contributed by atoms with Crippen molar-refractivity contribution in [1.82, 2.24) is 19.8 Å². The lowest BCUT2D eigenvalue weighted by Gasteiger charge is -2.42. The largest absolute Gasteiger partial charge is 0.467 e. The first kappa shape index (κ1) is 19.0. The highest BCUT2D eigenvalue weighted by Gasteiger charge is 2.63. The highest BCUT2D eigenvalue weighted by Crippen LogP contribution is 2.62. The van der Waals surface area contributed by atoms with E-state index in [0.717, 1.165) is 50.5 Å². The van der Waals surface area contributed by atoms with Gasteiger partial charge in [0.25, 0.3) is 0 Å². The number of amides is 2. The first-order valence-corrected chi connectivity index (χ1v) is 12.3. The standard InChI is InChI=1S/C20H28N4O4S/c1-29(26,27)22-9-11-24-18(25)21-14-20(24)13-19-8-4-2-6-15(19)12-23-10-5-3-7-16(23)17(19)28-20/h5,10,12,22H,2-4,6-9,11,13-14H2,1H3,(H,21,25)/t19?,20-/m1/s1. The van der Waals surface area contributed by atoms with E-state index >= 15 is 0 Å². The number of hydrogen-bond acceptors (Lipinski definition) is 5. The number of rotatable bonds is 4. The number of nitrogens with zero attached hydrogens (tertiary/aromatic N) is 2. The zero-order valence-corrected chi connectivity index (χ0v) is 17.6. The van der Waals surface area contributed by atoms with Crippen molar-refractivity contribution in [3.63, 3.8) is 0 Å². The Balaban J connectivity index is 1.50. The second-order valence-electron chi connectivity index (χ2n) is 8.75. The second-order valence-corrected chi connectivity index (χ2v) is 10.6. The first-order chi connectivity index (χ1) is 13.8. The van der Waals surface area contributed by atoms with Gasteiger partial charge in [-0.3, -0.25) is 4.90 Å². The third-order valence-corrected chi connectivity index (χ3v) is 7.58. The lowest BCUT2D eigenvalue weighted by molar-refractivity contribution is -0.0495. The Morgan fingerprint density at radius 2 is 2.17 bits per heavy atom. The fraction of sp³-hybridized carbons (Fsp3) is 0.650. The smallest absolute Gasteiger partial charge is 0.320 e. The Hall–Kier alpha value is -2.00. The first-order valence-electron chi connectivity index (χ1n) is 10.4. The van der Waals surface area contributed by atoms with Gasteiger partial charge < -0.3 is 15.0 Å². The Bertz CT molecular complexity index is 940. The van der Waals surface area contributed by atoms with Gasteiger partial charge in [0.2, 0.25) is 15.7 Å². The average molecular weight is 421 g/mol. The number of urea groups is 1. The fourth-order valence-electron chi connectivity index (χ4n) is 5.64. The zero-order chi connectivity index (χ0) is 20.3. The Kier molecular flexibility index (Phi) is 4.26. The summed E-state index contributed by atoms with van der Waals surface area (Å²) in [7, 11) is -3.31. The Morgan fingerprint density at radius 1 is 1.31 bits per heavy atom. The van der Waals surface area contributed by atoms with Crippen molar-refractivity contribution < 1.29 is 17.9 Å². The van der Waals surface area contributed by atoms with Crippen LogP contribution >= 0.6 is 0 Å². The maximum atomic E-state index is 12.6. The summed E-state index contributed by atoms with van der Waals surface area (Å²) in [5, 5.41) is 2.94. The van der Waals surface area contributed by atoms with Gasteiger partial charge in [0.1, 0.15) is 5.76 Å². The van der Waals surface area contributed by atoms with E-state index in [1.807, 2.05) is 0 Å². The molecule has 5 aliphatic rings. The van der Waals surface area contributed by atoms with Crippen molar-refractivity contribution >= 4 is 16.1 Å². The number of carbonyl (C=O) groups is 1. The van der Waals surface area contributed by atoms with Crippen molar-refractivity contribution in [1.29, 1.82) is 0 Å². The van der Waals surface area contributed by atoms with Crippen LogP contribution in [0.1, 0.15) is 44.9 Å². The molecular formula is C20H28N4O4S. The summed E-state index contributed by atoms with van der Waals surface area (Å²) < 4.78 is 32.2. The van der Waals surface area contributed by atoms with Crippen molar-refractivity contribution in [3.8, 4) is 0 Å². The molecule has 0 aromatic rings. The zero-order valence-electron chi connectivity index (χ0n) is 16.7. The normalized spacial score (nSPS) is 33.3. The van der Waals surface area contributed by atoms with Gasteiger partial charge in [-0.2, -0.15) is 0 Å². The molecule has 8 nitrogen and oxygen atoms in total. The van der Waals surface area contributed by atoms with E-state index in [0.29, 0.717) is 6.54 Å². The number of sulfonamides is 1. The molecule has 2 amide bonds. The van der Waals surface area contributed by atoms with Gasteiger partial charge in [-0.1, -0.05) is 12.5 Å². The van der Waals surface area contributed by atoms with Crippen LogP contribution in [0.15, 0.2) is 35.5 Å². The van der Waals surface area contributed by atoms with Crippen LogP contribution in [0.4, 0.5) is 4.79 Å². The number of carbonyl (C=O) groups excluding carboxylic acids is 1. The van der Waals surface area contributed by atoms with Gasteiger partial charge in [0, 0.05) is 31.9 Å². The molecule has 9 heteroatoms. The minimum Gasteiger partial charge on any atom is -0.467 e. The fourth-order valence-corrected chi connectivity index (χ4v) is 6.10. The molecule has 158 valence electrons. The summed E-state index contributed by atoms with van der Waals surface area (Å²) in [5.74, 6) is 1.04. The van der Waals surface area contributed by atoms with E-state index in [2.05, 4.69) is 33.4 Å². The molecule has 2 spiro atoms. The van der Waals surface area contributed by atoms with E-state index < -0.39 is 15.7 Å². The summed E-state index contributed by atoms with van der Waals surface area (Å²) in [5.41, 5.74) is 1.72. The molecule has 2 atom stereocenters. The summed E-state index contributed by atoms with van der Waals surface area (Å²) in [4.78, 5) is 16.5. The predicted octanol–water partition coefficient (Wildman–Crippen LogP) is 1.96. The summed E-state index contributed by atoms with van der Waals surface area (Å²) in [6.07, 6.45) is 14.8. The van der Waals surface area contributed by atoms with Crippen LogP contribution in [-0.2, 0) is 14.8 Å². The van der Waals surface area contributed by atoms with E-state index in [1.54, 1.807) is 4.90 Å². The van der Waals surface area contributed by atoms with Crippen LogP contribution in [0.5, 0.6) is 0 Å². The van der Waals surface area contributed by atoms with Gasteiger partial charge >= 0.3 is 6.03 Å². The van der Waals surface area contributed by atoms with Crippen LogP contribution < -0.4 is 10.0 Å². The summed E-state index contributed by atoms with van der Waals surface area (Å²) in [6.45, 7) is 0.875. The molecule has 4 aliphatic heterocycles. The van der Waals surface area contributed by atoms with E-state index in [1.165, 1.54) is 17.7 Å². The molecule has 29 heavy (non-hydrogen) atoms.